The van der Waals surface area contributed by atoms with Gasteiger partial charge in [-0.05, 0) is 18.2 Å². The number of nitrogens with zero attached hydrogens (tertiary/aromatic N) is 2. The molecule has 2 rings (SSSR count). The van der Waals surface area contributed by atoms with Gasteiger partial charge in [-0.3, -0.25) is 9.78 Å². The molecule has 0 fully saturated rings. The average Bonchev–Trinajstić information content (AvgIpc) is 2.29. The zero-order chi connectivity index (χ0) is 12.3. The topological polar surface area (TPSA) is 54.9 Å². The van der Waals surface area contributed by atoms with Crippen LogP contribution in [0.15, 0.2) is 36.8 Å². The largest absolute Gasteiger partial charge is 0.306 e. The number of hydrogen-bond acceptors (Lipinski definition) is 3. The summed E-state index contributed by atoms with van der Waals surface area (Å²) < 4.78 is 0. The molecule has 2 aromatic heterocycles. The number of aromatic nitrogens is 2. The second kappa shape index (κ2) is 5.12. The van der Waals surface area contributed by atoms with Gasteiger partial charge in [0.2, 0.25) is 0 Å². The second-order valence-corrected chi connectivity index (χ2v) is 4.01. The molecule has 0 saturated carbocycles. The predicted molar refractivity (Wildman–Crippen MR) is 66.4 cm³/mol. The van der Waals surface area contributed by atoms with E-state index in [0.717, 1.165) is 0 Å². The zero-order valence-electron chi connectivity index (χ0n) is 8.52. The van der Waals surface area contributed by atoms with Crippen LogP contribution in [-0.4, -0.2) is 15.9 Å². The van der Waals surface area contributed by atoms with Crippen LogP contribution in [0.2, 0.25) is 10.0 Å². The summed E-state index contributed by atoms with van der Waals surface area (Å²) in [5.74, 6) is 0.0162. The van der Waals surface area contributed by atoms with E-state index >= 15 is 0 Å². The van der Waals surface area contributed by atoms with E-state index in [1.165, 1.54) is 24.7 Å². The number of halogens is 2. The quantitative estimate of drug-likeness (QED) is 0.910. The lowest BCUT2D eigenvalue weighted by atomic mass is 10.2. The van der Waals surface area contributed by atoms with E-state index in [2.05, 4.69) is 15.3 Å². The molecule has 0 unspecified atom stereocenters. The number of carbonyl (C=O) groups excluding carboxylic acids is 1. The lowest BCUT2D eigenvalue weighted by Gasteiger charge is -2.05. The number of pyridine rings is 2. The van der Waals surface area contributed by atoms with Crippen molar-refractivity contribution in [1.29, 1.82) is 0 Å². The smallest absolute Gasteiger partial charge is 0.258 e. The molecular formula is C11H7Cl2N3O. The third-order valence-corrected chi connectivity index (χ3v) is 2.52. The second-order valence-electron chi connectivity index (χ2n) is 3.17. The maximum absolute atomic E-state index is 11.8. The fourth-order valence-electron chi connectivity index (χ4n) is 1.22. The summed E-state index contributed by atoms with van der Waals surface area (Å²) in [6.07, 6.45) is 4.40. The summed E-state index contributed by atoms with van der Waals surface area (Å²) in [6, 6.07) is 4.70. The van der Waals surface area contributed by atoms with Crippen molar-refractivity contribution in [2.45, 2.75) is 0 Å². The molecule has 0 aliphatic carbocycles. The Hall–Kier alpha value is -1.65. The summed E-state index contributed by atoms with van der Waals surface area (Å²) in [4.78, 5) is 19.6. The van der Waals surface area contributed by atoms with Gasteiger partial charge in [0, 0.05) is 23.6 Å². The van der Waals surface area contributed by atoms with Crippen LogP contribution >= 0.6 is 23.2 Å². The van der Waals surface area contributed by atoms with Crippen molar-refractivity contribution in [2.75, 3.05) is 5.32 Å². The van der Waals surface area contributed by atoms with Gasteiger partial charge in [0.05, 0.1) is 10.6 Å². The van der Waals surface area contributed by atoms with Crippen molar-refractivity contribution in [2.24, 2.45) is 0 Å². The lowest BCUT2D eigenvalue weighted by Crippen LogP contribution is -2.13. The van der Waals surface area contributed by atoms with Crippen molar-refractivity contribution in [3.63, 3.8) is 0 Å². The molecule has 2 heterocycles. The molecule has 0 aliphatic heterocycles. The van der Waals surface area contributed by atoms with Gasteiger partial charge in [-0.1, -0.05) is 23.2 Å². The van der Waals surface area contributed by atoms with Crippen molar-refractivity contribution in [1.82, 2.24) is 9.97 Å². The first kappa shape index (κ1) is 11.8. The highest BCUT2D eigenvalue weighted by Crippen LogP contribution is 2.16. The first-order valence-electron chi connectivity index (χ1n) is 4.69. The van der Waals surface area contributed by atoms with E-state index in [9.17, 15) is 4.79 Å². The highest BCUT2D eigenvalue weighted by Gasteiger charge is 2.10. The Labute approximate surface area is 108 Å². The van der Waals surface area contributed by atoms with Gasteiger partial charge in [0.1, 0.15) is 5.82 Å². The van der Waals surface area contributed by atoms with E-state index in [4.69, 9.17) is 23.2 Å². The number of anilines is 1. The van der Waals surface area contributed by atoms with E-state index in [0.29, 0.717) is 16.4 Å². The predicted octanol–water partition coefficient (Wildman–Crippen LogP) is 3.04. The van der Waals surface area contributed by atoms with Crippen molar-refractivity contribution >= 4 is 34.9 Å². The molecule has 0 aliphatic rings. The van der Waals surface area contributed by atoms with Crippen LogP contribution in [0.25, 0.3) is 0 Å². The molecule has 2 aromatic rings. The summed E-state index contributed by atoms with van der Waals surface area (Å²) >= 11 is 11.6. The Morgan fingerprint density at radius 1 is 1.24 bits per heavy atom. The van der Waals surface area contributed by atoms with Crippen LogP contribution in [0.4, 0.5) is 5.82 Å². The molecule has 6 heteroatoms. The summed E-state index contributed by atoms with van der Waals surface area (Å²) in [5, 5.41) is 3.37. The molecule has 17 heavy (non-hydrogen) atoms. The Kier molecular flexibility index (Phi) is 3.56. The Balaban J connectivity index is 2.20. The number of carbonyl (C=O) groups is 1. The van der Waals surface area contributed by atoms with Crippen molar-refractivity contribution in [3.05, 3.63) is 52.4 Å². The monoisotopic (exact) mass is 267 g/mol. The molecule has 0 aromatic carbocycles. The molecule has 4 nitrogen and oxygen atoms in total. The minimum absolute atomic E-state index is 0.284. The van der Waals surface area contributed by atoms with Crippen LogP contribution in [0.5, 0.6) is 0 Å². The summed E-state index contributed by atoms with van der Waals surface area (Å²) in [5.41, 5.74) is 0.337. The van der Waals surface area contributed by atoms with E-state index < -0.39 is 0 Å². The van der Waals surface area contributed by atoms with Gasteiger partial charge in [0.15, 0.2) is 0 Å². The van der Waals surface area contributed by atoms with Crippen LogP contribution in [-0.2, 0) is 0 Å². The Morgan fingerprint density at radius 3 is 2.76 bits per heavy atom. The molecule has 0 radical (unpaired) electrons. The molecule has 86 valence electrons. The van der Waals surface area contributed by atoms with Gasteiger partial charge in [-0.2, -0.15) is 0 Å². The van der Waals surface area contributed by atoms with E-state index in [1.54, 1.807) is 12.1 Å². The van der Waals surface area contributed by atoms with Crippen molar-refractivity contribution in [3.8, 4) is 0 Å². The van der Waals surface area contributed by atoms with Crippen molar-refractivity contribution < 1.29 is 4.79 Å². The Bertz CT molecular complexity index is 560. The molecular weight excluding hydrogens is 261 g/mol. The summed E-state index contributed by atoms with van der Waals surface area (Å²) in [7, 11) is 0. The van der Waals surface area contributed by atoms with Crippen LogP contribution < -0.4 is 5.32 Å². The molecule has 1 N–H and O–H groups in total. The SMILES string of the molecule is O=C(Nc1cc(Cl)ccn1)c1ccncc1Cl. The number of hydrogen-bond donors (Lipinski definition) is 1. The van der Waals surface area contributed by atoms with Crippen LogP contribution in [0.1, 0.15) is 10.4 Å². The van der Waals surface area contributed by atoms with Gasteiger partial charge >= 0.3 is 0 Å². The molecule has 0 saturated heterocycles. The van der Waals surface area contributed by atoms with Gasteiger partial charge < -0.3 is 5.32 Å². The summed E-state index contributed by atoms with van der Waals surface area (Å²) in [6.45, 7) is 0. The molecule has 1 amide bonds. The lowest BCUT2D eigenvalue weighted by molar-refractivity contribution is 0.102. The minimum Gasteiger partial charge on any atom is -0.306 e. The van der Waals surface area contributed by atoms with E-state index in [-0.39, 0.29) is 10.9 Å². The first-order valence-corrected chi connectivity index (χ1v) is 5.45. The van der Waals surface area contributed by atoms with Crippen LogP contribution in [0, 0.1) is 0 Å². The highest BCUT2D eigenvalue weighted by molar-refractivity contribution is 6.34. The zero-order valence-corrected chi connectivity index (χ0v) is 10.0. The minimum atomic E-state index is -0.354. The normalized spacial score (nSPS) is 10.0. The molecule has 0 bridgehead atoms. The molecule has 0 atom stereocenters. The third-order valence-electron chi connectivity index (χ3n) is 1.98. The standard InChI is InChI=1S/C11H7Cl2N3O/c12-7-1-4-15-10(5-7)16-11(17)8-2-3-14-6-9(8)13/h1-6H,(H,15,16,17). The maximum atomic E-state index is 11.8. The number of rotatable bonds is 2. The average molecular weight is 268 g/mol. The van der Waals surface area contributed by atoms with Gasteiger partial charge in [-0.25, -0.2) is 4.98 Å². The fraction of sp³-hybridized carbons (Fsp3) is 0. The van der Waals surface area contributed by atoms with Crippen LogP contribution in [0.3, 0.4) is 0 Å². The third kappa shape index (κ3) is 2.93. The first-order chi connectivity index (χ1) is 8.16. The fourth-order valence-corrected chi connectivity index (χ4v) is 1.58. The van der Waals surface area contributed by atoms with Gasteiger partial charge in [0.25, 0.3) is 5.91 Å². The number of nitrogens with one attached hydrogen (secondary N) is 1. The maximum Gasteiger partial charge on any atom is 0.258 e. The molecule has 0 spiro atoms. The number of amides is 1. The highest BCUT2D eigenvalue weighted by atomic mass is 35.5. The van der Waals surface area contributed by atoms with Gasteiger partial charge in [-0.15, -0.1) is 0 Å². The Morgan fingerprint density at radius 2 is 2.06 bits per heavy atom. The van der Waals surface area contributed by atoms with E-state index in [1.807, 2.05) is 0 Å².